The number of rotatable bonds is 4. The van der Waals surface area contributed by atoms with E-state index in [1.165, 1.54) is 6.20 Å². The number of carboxylic acids is 1. The highest BCUT2D eigenvalue weighted by atomic mass is 16.4. The van der Waals surface area contributed by atoms with Gasteiger partial charge in [0.1, 0.15) is 5.56 Å². The van der Waals surface area contributed by atoms with Gasteiger partial charge in [-0.1, -0.05) is 27.7 Å². The smallest absolute Gasteiger partial charge is 0.339 e. The minimum atomic E-state index is -0.951. The average molecular weight is 250 g/mol. The lowest BCUT2D eigenvalue weighted by Gasteiger charge is -2.28. The zero-order chi connectivity index (χ0) is 13.9. The van der Waals surface area contributed by atoms with Crippen LogP contribution in [0.3, 0.4) is 0 Å². The second-order valence-electron chi connectivity index (χ2n) is 5.82. The van der Waals surface area contributed by atoms with Crippen molar-refractivity contribution < 1.29 is 9.90 Å². The van der Waals surface area contributed by atoms with E-state index in [9.17, 15) is 4.79 Å². The zero-order valence-electron chi connectivity index (χ0n) is 11.7. The predicted molar refractivity (Wildman–Crippen MR) is 73.0 cm³/mol. The molecule has 0 fully saturated rings. The second kappa shape index (κ2) is 5.38. The first kappa shape index (κ1) is 14.5. The van der Waals surface area contributed by atoms with E-state index in [0.717, 1.165) is 12.2 Å². The summed E-state index contributed by atoms with van der Waals surface area (Å²) in [4.78, 5) is 15.1. The monoisotopic (exact) mass is 250 g/mol. The van der Waals surface area contributed by atoms with Gasteiger partial charge in [-0.3, -0.25) is 4.98 Å². The molecule has 1 aromatic heterocycles. The van der Waals surface area contributed by atoms with Crippen molar-refractivity contribution >= 4 is 11.7 Å². The molecule has 4 heteroatoms. The number of aryl methyl sites for hydroxylation is 1. The molecule has 1 unspecified atom stereocenters. The Balaban J connectivity index is 2.84. The van der Waals surface area contributed by atoms with Crippen LogP contribution in [-0.2, 0) is 0 Å². The second-order valence-corrected chi connectivity index (χ2v) is 5.82. The minimum absolute atomic E-state index is 0.193. The van der Waals surface area contributed by atoms with Crippen molar-refractivity contribution in [1.82, 2.24) is 4.98 Å². The number of carbonyl (C=O) groups is 1. The van der Waals surface area contributed by atoms with Crippen molar-refractivity contribution in [2.45, 2.75) is 34.6 Å². The molecule has 0 aliphatic rings. The van der Waals surface area contributed by atoms with E-state index < -0.39 is 5.97 Å². The number of hydrogen-bond donors (Lipinski definition) is 2. The largest absolute Gasteiger partial charge is 0.478 e. The lowest BCUT2D eigenvalue weighted by atomic mass is 9.82. The number of aromatic carboxylic acids is 1. The Hall–Kier alpha value is -1.58. The Kier molecular flexibility index (Phi) is 4.33. The molecular formula is C14H22N2O2. The lowest BCUT2D eigenvalue weighted by Crippen LogP contribution is -2.25. The van der Waals surface area contributed by atoms with Gasteiger partial charge in [-0.15, -0.1) is 0 Å². The van der Waals surface area contributed by atoms with E-state index in [1.54, 1.807) is 6.07 Å². The van der Waals surface area contributed by atoms with Crippen LogP contribution in [-0.4, -0.2) is 22.6 Å². The maximum Gasteiger partial charge on any atom is 0.339 e. The molecule has 0 saturated carbocycles. The maximum absolute atomic E-state index is 11.1. The van der Waals surface area contributed by atoms with Crippen LogP contribution in [0.25, 0.3) is 0 Å². The molecule has 0 saturated heterocycles. The molecule has 1 atom stereocenters. The molecule has 1 aromatic rings. The highest BCUT2D eigenvalue weighted by Crippen LogP contribution is 2.26. The van der Waals surface area contributed by atoms with Gasteiger partial charge in [0, 0.05) is 18.4 Å². The molecular weight excluding hydrogens is 228 g/mol. The summed E-state index contributed by atoms with van der Waals surface area (Å²) >= 11 is 0. The summed E-state index contributed by atoms with van der Waals surface area (Å²) in [5.74, 6) is -0.513. The van der Waals surface area contributed by atoms with Gasteiger partial charge in [-0.05, 0) is 24.3 Å². The Morgan fingerprint density at radius 3 is 2.61 bits per heavy atom. The molecule has 4 nitrogen and oxygen atoms in total. The Labute approximate surface area is 108 Å². The third-order valence-electron chi connectivity index (χ3n) is 3.35. The third-order valence-corrected chi connectivity index (χ3v) is 3.35. The van der Waals surface area contributed by atoms with Crippen molar-refractivity contribution in [2.75, 3.05) is 11.9 Å². The summed E-state index contributed by atoms with van der Waals surface area (Å²) in [6.45, 7) is 11.3. The SMILES string of the molecule is Cc1cc(NCC(C)C(C)(C)C)c(C(=O)O)cn1. The van der Waals surface area contributed by atoms with E-state index in [2.05, 4.69) is 38.0 Å². The van der Waals surface area contributed by atoms with Gasteiger partial charge in [0.25, 0.3) is 0 Å². The number of carboxylic acid groups (broad SMARTS) is 1. The predicted octanol–water partition coefficient (Wildman–Crippen LogP) is 3.18. The first-order chi connectivity index (χ1) is 8.21. The summed E-state index contributed by atoms with van der Waals surface area (Å²) in [6.07, 6.45) is 1.40. The summed E-state index contributed by atoms with van der Waals surface area (Å²) < 4.78 is 0. The molecule has 18 heavy (non-hydrogen) atoms. The molecule has 2 N–H and O–H groups in total. The van der Waals surface area contributed by atoms with E-state index in [-0.39, 0.29) is 11.0 Å². The molecule has 0 bridgehead atoms. The number of nitrogens with one attached hydrogen (secondary N) is 1. The van der Waals surface area contributed by atoms with Gasteiger partial charge in [0.2, 0.25) is 0 Å². The fourth-order valence-electron chi connectivity index (χ4n) is 1.45. The molecule has 0 spiro atoms. The lowest BCUT2D eigenvalue weighted by molar-refractivity contribution is 0.0697. The molecule has 1 heterocycles. The summed E-state index contributed by atoms with van der Waals surface area (Å²) in [5.41, 5.74) is 1.87. The van der Waals surface area contributed by atoms with Gasteiger partial charge in [-0.2, -0.15) is 0 Å². The van der Waals surface area contributed by atoms with Crippen LogP contribution in [0.2, 0.25) is 0 Å². The topological polar surface area (TPSA) is 62.2 Å². The van der Waals surface area contributed by atoms with Gasteiger partial charge in [0.15, 0.2) is 0 Å². The van der Waals surface area contributed by atoms with Gasteiger partial charge in [0.05, 0.1) is 5.69 Å². The number of hydrogen-bond acceptors (Lipinski definition) is 3. The zero-order valence-corrected chi connectivity index (χ0v) is 11.7. The molecule has 0 aromatic carbocycles. The van der Waals surface area contributed by atoms with Crippen LogP contribution in [0.4, 0.5) is 5.69 Å². The highest BCUT2D eigenvalue weighted by Gasteiger charge is 2.20. The number of pyridine rings is 1. The fourth-order valence-corrected chi connectivity index (χ4v) is 1.45. The Morgan fingerprint density at radius 1 is 1.50 bits per heavy atom. The molecule has 0 amide bonds. The quantitative estimate of drug-likeness (QED) is 0.861. The minimum Gasteiger partial charge on any atom is -0.478 e. The van der Waals surface area contributed by atoms with E-state index in [1.807, 2.05) is 6.92 Å². The van der Waals surface area contributed by atoms with Crippen LogP contribution in [0.15, 0.2) is 12.3 Å². The molecule has 0 radical (unpaired) electrons. The van der Waals surface area contributed by atoms with Crippen LogP contribution in [0.5, 0.6) is 0 Å². The van der Waals surface area contributed by atoms with Crippen LogP contribution < -0.4 is 5.32 Å². The van der Waals surface area contributed by atoms with Crippen molar-refractivity contribution in [2.24, 2.45) is 11.3 Å². The summed E-state index contributed by atoms with van der Waals surface area (Å²) in [7, 11) is 0. The number of aromatic nitrogens is 1. The maximum atomic E-state index is 11.1. The van der Waals surface area contributed by atoms with Crippen LogP contribution >= 0.6 is 0 Å². The van der Waals surface area contributed by atoms with E-state index in [0.29, 0.717) is 11.6 Å². The summed E-state index contributed by atoms with van der Waals surface area (Å²) in [6, 6.07) is 1.78. The van der Waals surface area contributed by atoms with Crippen LogP contribution in [0.1, 0.15) is 43.7 Å². The van der Waals surface area contributed by atoms with Crippen molar-refractivity contribution in [3.8, 4) is 0 Å². The van der Waals surface area contributed by atoms with Gasteiger partial charge >= 0.3 is 5.97 Å². The molecule has 100 valence electrons. The van der Waals surface area contributed by atoms with Crippen molar-refractivity contribution in [3.05, 3.63) is 23.5 Å². The van der Waals surface area contributed by atoms with Crippen LogP contribution in [0, 0.1) is 18.3 Å². The van der Waals surface area contributed by atoms with E-state index in [4.69, 9.17) is 5.11 Å². The molecule has 1 rings (SSSR count). The number of nitrogens with zero attached hydrogens (tertiary/aromatic N) is 1. The number of anilines is 1. The third kappa shape index (κ3) is 3.72. The van der Waals surface area contributed by atoms with E-state index >= 15 is 0 Å². The van der Waals surface area contributed by atoms with Crippen molar-refractivity contribution in [3.63, 3.8) is 0 Å². The Bertz CT molecular complexity index is 436. The normalized spacial score (nSPS) is 13.2. The van der Waals surface area contributed by atoms with Gasteiger partial charge in [-0.25, -0.2) is 4.79 Å². The standard InChI is InChI=1S/C14H22N2O2/c1-9(14(3,4)5)7-16-12-6-10(2)15-8-11(12)13(17)18/h6,8-9H,7H2,1-5H3,(H,15,16)(H,17,18). The average Bonchev–Trinajstić information content (AvgIpc) is 2.24. The summed E-state index contributed by atoms with van der Waals surface area (Å²) in [5, 5.41) is 12.3. The van der Waals surface area contributed by atoms with Crippen molar-refractivity contribution in [1.29, 1.82) is 0 Å². The first-order valence-electron chi connectivity index (χ1n) is 6.15. The fraction of sp³-hybridized carbons (Fsp3) is 0.571. The Morgan fingerprint density at radius 2 is 2.11 bits per heavy atom. The molecule has 0 aliphatic carbocycles. The first-order valence-corrected chi connectivity index (χ1v) is 6.15. The molecule has 0 aliphatic heterocycles. The highest BCUT2D eigenvalue weighted by molar-refractivity contribution is 5.93. The van der Waals surface area contributed by atoms with Gasteiger partial charge < -0.3 is 10.4 Å².